The highest BCUT2D eigenvalue weighted by atomic mass is 16.6. The van der Waals surface area contributed by atoms with E-state index >= 15 is 0 Å². The molecule has 0 saturated heterocycles. The van der Waals surface area contributed by atoms with Crippen LogP contribution in [0.4, 0.5) is 4.79 Å². The van der Waals surface area contributed by atoms with Crippen LogP contribution < -0.4 is 0 Å². The van der Waals surface area contributed by atoms with Crippen molar-refractivity contribution in [2.24, 2.45) is 0 Å². The Kier molecular flexibility index (Phi) is 23.4. The summed E-state index contributed by atoms with van der Waals surface area (Å²) in [6, 6.07) is 31.0. The molecule has 0 fully saturated rings. The maximum absolute atomic E-state index is 11.9. The Morgan fingerprint density at radius 3 is 1.00 bits per heavy atom. The zero-order valence-corrected chi connectivity index (χ0v) is 33.3. The van der Waals surface area contributed by atoms with Crippen LogP contribution in [0.2, 0.25) is 0 Å². The van der Waals surface area contributed by atoms with Gasteiger partial charge in [-0.1, -0.05) is 91.0 Å². The zero-order valence-electron chi connectivity index (χ0n) is 33.3. The van der Waals surface area contributed by atoms with Crippen molar-refractivity contribution in [3.05, 3.63) is 108 Å². The van der Waals surface area contributed by atoms with Gasteiger partial charge in [0.2, 0.25) is 0 Å². The van der Waals surface area contributed by atoms with Gasteiger partial charge in [0, 0.05) is 13.6 Å². The van der Waals surface area contributed by atoms with Crippen molar-refractivity contribution in [1.82, 2.24) is 4.90 Å². The van der Waals surface area contributed by atoms with Crippen molar-refractivity contribution < 1.29 is 52.2 Å². The van der Waals surface area contributed by atoms with Gasteiger partial charge in [-0.05, 0) is 37.5 Å². The van der Waals surface area contributed by atoms with Gasteiger partial charge in [0.15, 0.2) is 0 Å². The van der Waals surface area contributed by atoms with Crippen LogP contribution in [0.3, 0.4) is 0 Å². The predicted octanol–water partition coefficient (Wildman–Crippen LogP) is 5.99. The Labute approximate surface area is 328 Å². The van der Waals surface area contributed by atoms with Gasteiger partial charge in [-0.3, -0.25) is 0 Å². The number of nitrogens with zero attached hydrogens (tertiary/aromatic N) is 1. The van der Waals surface area contributed by atoms with Gasteiger partial charge in [-0.2, -0.15) is 0 Å². The summed E-state index contributed by atoms with van der Waals surface area (Å²) in [5.74, 6) is 0. The molecular weight excluding hydrogens is 706 g/mol. The van der Waals surface area contributed by atoms with E-state index < -0.39 is 11.2 Å². The van der Waals surface area contributed by atoms with E-state index in [9.17, 15) is 4.79 Å². The molecule has 1 amide bonds. The number of hydrogen-bond acceptors (Lipinski definition) is 11. The van der Waals surface area contributed by atoms with Crippen molar-refractivity contribution in [2.75, 3.05) is 126 Å². The summed E-state index contributed by atoms with van der Waals surface area (Å²) in [4.78, 5) is 13.4. The van der Waals surface area contributed by atoms with E-state index in [1.165, 1.54) is 4.90 Å². The summed E-state index contributed by atoms with van der Waals surface area (Å²) in [5, 5.41) is 0. The molecule has 3 aromatic carbocycles. The van der Waals surface area contributed by atoms with Gasteiger partial charge in [0.1, 0.15) is 11.2 Å². The first-order valence-corrected chi connectivity index (χ1v) is 19.2. The number of hydrogen-bond donors (Lipinski definition) is 0. The summed E-state index contributed by atoms with van der Waals surface area (Å²) in [6.45, 7) is 13.9. The van der Waals surface area contributed by atoms with Gasteiger partial charge in [-0.15, -0.1) is 0 Å². The van der Waals surface area contributed by atoms with Crippen LogP contribution in [0.15, 0.2) is 91.0 Å². The Hall–Kier alpha value is -3.43. The van der Waals surface area contributed by atoms with Crippen LogP contribution in [0.1, 0.15) is 37.5 Å². The second-order valence-electron chi connectivity index (χ2n) is 13.4. The molecule has 0 radical (unpaired) electrons. The van der Waals surface area contributed by atoms with E-state index in [1.807, 2.05) is 75.4 Å². The average Bonchev–Trinajstić information content (AvgIpc) is 3.19. The average molecular weight is 770 g/mol. The van der Waals surface area contributed by atoms with Gasteiger partial charge in [-0.25, -0.2) is 4.79 Å². The van der Waals surface area contributed by atoms with Crippen LogP contribution in [-0.2, 0) is 53.0 Å². The van der Waals surface area contributed by atoms with Gasteiger partial charge in [0.25, 0.3) is 0 Å². The third kappa shape index (κ3) is 19.3. The van der Waals surface area contributed by atoms with E-state index in [4.69, 9.17) is 47.4 Å². The molecule has 0 aromatic heterocycles. The van der Waals surface area contributed by atoms with Crippen LogP contribution >= 0.6 is 0 Å². The lowest BCUT2D eigenvalue weighted by Crippen LogP contribution is -2.36. The Morgan fingerprint density at radius 1 is 0.436 bits per heavy atom. The maximum Gasteiger partial charge on any atom is 0.410 e. The van der Waals surface area contributed by atoms with Crippen molar-refractivity contribution in [2.45, 2.75) is 32.0 Å². The molecule has 0 saturated carbocycles. The van der Waals surface area contributed by atoms with Crippen LogP contribution in [0.5, 0.6) is 0 Å². The first kappa shape index (κ1) is 46.0. The minimum Gasteiger partial charge on any atom is -0.444 e. The molecule has 0 unspecified atom stereocenters. The van der Waals surface area contributed by atoms with Gasteiger partial charge >= 0.3 is 6.09 Å². The van der Waals surface area contributed by atoms with E-state index in [0.29, 0.717) is 119 Å². The van der Waals surface area contributed by atoms with E-state index in [-0.39, 0.29) is 6.09 Å². The summed E-state index contributed by atoms with van der Waals surface area (Å²) >= 11 is 0. The molecule has 55 heavy (non-hydrogen) atoms. The lowest BCUT2D eigenvalue weighted by molar-refractivity contribution is -0.0398. The first-order chi connectivity index (χ1) is 26.8. The fraction of sp³-hybridized carbons (Fsp3) is 0.558. The minimum absolute atomic E-state index is 0.365. The molecule has 0 aliphatic heterocycles. The highest BCUT2D eigenvalue weighted by molar-refractivity contribution is 5.67. The van der Waals surface area contributed by atoms with Crippen LogP contribution in [0, 0.1) is 0 Å². The summed E-state index contributed by atoms with van der Waals surface area (Å²) in [6.07, 6.45) is -0.365. The Bertz CT molecular complexity index is 1260. The molecule has 3 aromatic rings. The second-order valence-corrected chi connectivity index (χ2v) is 13.4. The summed E-state index contributed by atoms with van der Waals surface area (Å²) in [7, 11) is 1.68. The van der Waals surface area contributed by atoms with Crippen LogP contribution in [0.25, 0.3) is 0 Å². The largest absolute Gasteiger partial charge is 0.444 e. The Balaban J connectivity index is 1.08. The standard InChI is InChI=1S/C43H63NO11/c1-42(2,3)55-41(45)44(4)20-21-46-22-23-47-24-25-48-26-27-49-28-29-50-30-31-51-32-33-52-34-35-53-36-37-54-43(38-14-8-5-9-15-38,39-16-10-6-11-17-39)40-18-12-7-13-19-40/h5-19H,20-37H2,1-4H3. The predicted molar refractivity (Wildman–Crippen MR) is 211 cm³/mol. The van der Waals surface area contributed by atoms with E-state index in [0.717, 1.165) is 16.7 Å². The van der Waals surface area contributed by atoms with Crippen molar-refractivity contribution in [1.29, 1.82) is 0 Å². The summed E-state index contributed by atoms with van der Waals surface area (Å²) in [5.41, 5.74) is 1.92. The molecule has 0 aliphatic rings. The Morgan fingerprint density at radius 2 is 0.709 bits per heavy atom. The molecule has 12 heteroatoms. The lowest BCUT2D eigenvalue weighted by Gasteiger charge is -2.36. The number of carbonyl (C=O) groups excluding carboxylic acids is 1. The normalized spacial score (nSPS) is 11.9. The minimum atomic E-state index is -0.755. The third-order valence-corrected chi connectivity index (χ3v) is 7.97. The number of likely N-dealkylation sites (N-methyl/N-ethyl adjacent to an activating group) is 1. The molecule has 3 rings (SSSR count). The molecule has 306 valence electrons. The first-order valence-electron chi connectivity index (χ1n) is 19.2. The third-order valence-electron chi connectivity index (χ3n) is 7.97. The quantitative estimate of drug-likeness (QED) is 0.0568. The fourth-order valence-corrected chi connectivity index (χ4v) is 5.30. The van der Waals surface area contributed by atoms with Gasteiger partial charge < -0.3 is 52.3 Å². The molecule has 0 aliphatic carbocycles. The van der Waals surface area contributed by atoms with Crippen molar-refractivity contribution >= 4 is 6.09 Å². The molecule has 0 N–H and O–H groups in total. The smallest absolute Gasteiger partial charge is 0.410 e. The van der Waals surface area contributed by atoms with Crippen LogP contribution in [-0.4, -0.2) is 143 Å². The molecule has 0 spiro atoms. The van der Waals surface area contributed by atoms with Crippen molar-refractivity contribution in [3.63, 3.8) is 0 Å². The fourth-order valence-electron chi connectivity index (χ4n) is 5.30. The molecule has 0 bridgehead atoms. The summed E-state index contributed by atoms with van der Waals surface area (Å²) < 4.78 is 56.7. The monoisotopic (exact) mass is 769 g/mol. The van der Waals surface area contributed by atoms with E-state index in [1.54, 1.807) is 7.05 Å². The number of rotatable bonds is 31. The number of ether oxygens (including phenoxy) is 10. The van der Waals surface area contributed by atoms with Gasteiger partial charge in [0.05, 0.1) is 112 Å². The molecule has 12 nitrogen and oxygen atoms in total. The highest BCUT2D eigenvalue weighted by Gasteiger charge is 2.37. The van der Waals surface area contributed by atoms with E-state index in [2.05, 4.69) is 36.4 Å². The SMILES string of the molecule is CN(CCOCCOCCOCCOCCOCCOCCOCCOCCOC(c1ccccc1)(c1ccccc1)c1ccccc1)C(=O)OC(C)(C)C. The van der Waals surface area contributed by atoms with Crippen molar-refractivity contribution in [3.8, 4) is 0 Å². The molecule has 0 heterocycles. The topological polar surface area (TPSA) is 113 Å². The highest BCUT2D eigenvalue weighted by Crippen LogP contribution is 2.40. The second kappa shape index (κ2) is 28.0. The molecular formula is C43H63NO11. The number of amides is 1. The maximum atomic E-state index is 11.9. The lowest BCUT2D eigenvalue weighted by atomic mass is 9.80. The number of benzene rings is 3. The number of carbonyl (C=O) groups is 1. The zero-order chi connectivity index (χ0) is 39.3. The molecule has 0 atom stereocenters.